The third-order valence-corrected chi connectivity index (χ3v) is 2.71. The average molecular weight is 228 g/mol. The van der Waals surface area contributed by atoms with E-state index in [2.05, 4.69) is 5.29 Å². The minimum absolute atomic E-state index is 0.328. The summed E-state index contributed by atoms with van der Waals surface area (Å²) in [5.41, 5.74) is 0.525. The monoisotopic (exact) mass is 228 g/mol. The summed E-state index contributed by atoms with van der Waals surface area (Å²) in [5.74, 6) is 0. The van der Waals surface area contributed by atoms with Gasteiger partial charge in [0.2, 0.25) is 0 Å². The fourth-order valence-corrected chi connectivity index (χ4v) is 1.92. The maximum atomic E-state index is 11.1. The number of anilines is 1. The first-order valence-electron chi connectivity index (χ1n) is 5.65. The first-order chi connectivity index (χ1) is 8.04. The number of nitrogens with zero attached hydrogens (tertiary/aromatic N) is 2. The van der Waals surface area contributed by atoms with Crippen LogP contribution in [0.5, 0.6) is 0 Å². The predicted molar refractivity (Wildman–Crippen MR) is 72.0 cm³/mol. The van der Waals surface area contributed by atoms with Crippen molar-refractivity contribution in [2.45, 2.75) is 26.3 Å². The van der Waals surface area contributed by atoms with Gasteiger partial charge >= 0.3 is 0 Å². The molecule has 88 valence electrons. The normalized spacial score (nSPS) is 11.5. The Kier molecular flexibility index (Phi) is 2.84. The molecule has 0 aliphatic rings. The molecule has 0 aliphatic heterocycles. The van der Waals surface area contributed by atoms with E-state index < -0.39 is 0 Å². The van der Waals surface area contributed by atoms with E-state index in [0.29, 0.717) is 0 Å². The number of benzene rings is 2. The first-order valence-corrected chi connectivity index (χ1v) is 5.65. The molecule has 0 aromatic heterocycles. The van der Waals surface area contributed by atoms with E-state index in [-0.39, 0.29) is 5.54 Å². The summed E-state index contributed by atoms with van der Waals surface area (Å²) >= 11 is 0. The van der Waals surface area contributed by atoms with Crippen LogP contribution >= 0.6 is 0 Å². The van der Waals surface area contributed by atoms with Crippen molar-refractivity contribution in [3.8, 4) is 0 Å². The fourth-order valence-electron chi connectivity index (χ4n) is 1.92. The second-order valence-electron chi connectivity index (χ2n) is 5.06. The summed E-state index contributed by atoms with van der Waals surface area (Å²) in [7, 11) is 0. The summed E-state index contributed by atoms with van der Waals surface area (Å²) in [6.07, 6.45) is 0. The SMILES string of the molecule is CC(C)(C)N(N=O)c1cccc2ccccc12. The highest BCUT2D eigenvalue weighted by molar-refractivity contribution is 5.94. The molecule has 3 heteroatoms. The molecular weight excluding hydrogens is 212 g/mol. The van der Waals surface area contributed by atoms with E-state index in [1.807, 2.05) is 63.2 Å². The van der Waals surface area contributed by atoms with Crippen LogP contribution in [-0.4, -0.2) is 5.54 Å². The maximum absolute atomic E-state index is 11.1. The zero-order valence-corrected chi connectivity index (χ0v) is 10.3. The summed E-state index contributed by atoms with van der Waals surface area (Å²) in [6, 6.07) is 13.9. The lowest BCUT2D eigenvalue weighted by atomic mass is 10.0. The first kappa shape index (κ1) is 11.6. The molecule has 0 spiro atoms. The molecule has 0 heterocycles. The standard InChI is InChI=1S/C14H16N2O/c1-14(2,3)16(15-17)13-10-6-8-11-7-4-5-9-12(11)13/h4-10H,1-3H3. The molecule has 0 saturated heterocycles. The van der Waals surface area contributed by atoms with Gasteiger partial charge in [-0.1, -0.05) is 36.4 Å². The maximum Gasteiger partial charge on any atom is 0.0710 e. The molecule has 0 saturated carbocycles. The van der Waals surface area contributed by atoms with Gasteiger partial charge in [0.25, 0.3) is 0 Å². The third-order valence-electron chi connectivity index (χ3n) is 2.71. The van der Waals surface area contributed by atoms with Gasteiger partial charge in [-0.3, -0.25) is 0 Å². The smallest absolute Gasteiger partial charge is 0.0710 e. The highest BCUT2D eigenvalue weighted by Crippen LogP contribution is 2.31. The zero-order valence-electron chi connectivity index (χ0n) is 10.3. The van der Waals surface area contributed by atoms with Gasteiger partial charge in [0, 0.05) is 5.39 Å². The van der Waals surface area contributed by atoms with Crippen LogP contribution in [0.15, 0.2) is 47.8 Å². The molecule has 2 aromatic carbocycles. The Morgan fingerprint density at radius 2 is 1.65 bits per heavy atom. The fraction of sp³-hybridized carbons (Fsp3) is 0.286. The van der Waals surface area contributed by atoms with Crippen molar-refractivity contribution in [1.82, 2.24) is 0 Å². The zero-order chi connectivity index (χ0) is 12.5. The van der Waals surface area contributed by atoms with Crippen LogP contribution in [0.1, 0.15) is 20.8 Å². The summed E-state index contributed by atoms with van der Waals surface area (Å²) in [6.45, 7) is 5.91. The predicted octanol–water partition coefficient (Wildman–Crippen LogP) is 4.13. The molecule has 0 aliphatic carbocycles. The Bertz CT molecular complexity index is 538. The average Bonchev–Trinajstić information content (AvgIpc) is 2.28. The van der Waals surface area contributed by atoms with Crippen molar-refractivity contribution < 1.29 is 0 Å². The molecule has 0 fully saturated rings. The number of hydrogen-bond donors (Lipinski definition) is 0. The molecule has 0 unspecified atom stereocenters. The molecule has 0 bridgehead atoms. The Morgan fingerprint density at radius 3 is 2.29 bits per heavy atom. The van der Waals surface area contributed by atoms with Crippen molar-refractivity contribution in [1.29, 1.82) is 0 Å². The van der Waals surface area contributed by atoms with Crippen molar-refractivity contribution in [2.24, 2.45) is 5.29 Å². The van der Waals surface area contributed by atoms with Gasteiger partial charge in [-0.2, -0.15) is 0 Å². The van der Waals surface area contributed by atoms with Gasteiger partial charge in [0.05, 0.1) is 16.5 Å². The second-order valence-corrected chi connectivity index (χ2v) is 5.06. The molecule has 0 N–H and O–H groups in total. The lowest BCUT2D eigenvalue weighted by Crippen LogP contribution is -2.36. The molecule has 0 atom stereocenters. The minimum atomic E-state index is -0.328. The Balaban J connectivity index is 2.66. The van der Waals surface area contributed by atoms with Crippen LogP contribution in [-0.2, 0) is 0 Å². The van der Waals surface area contributed by atoms with Gasteiger partial charge in [-0.15, -0.1) is 4.91 Å². The quantitative estimate of drug-likeness (QED) is 0.572. The van der Waals surface area contributed by atoms with Gasteiger partial charge in [0.15, 0.2) is 0 Å². The summed E-state index contributed by atoms with van der Waals surface area (Å²) in [5, 5.41) is 6.85. The molecule has 2 rings (SSSR count). The van der Waals surface area contributed by atoms with E-state index in [9.17, 15) is 4.91 Å². The van der Waals surface area contributed by atoms with Crippen molar-refractivity contribution in [3.05, 3.63) is 47.4 Å². The highest BCUT2D eigenvalue weighted by Gasteiger charge is 2.24. The van der Waals surface area contributed by atoms with Crippen molar-refractivity contribution >= 4 is 16.5 Å². The van der Waals surface area contributed by atoms with E-state index in [1.165, 1.54) is 5.01 Å². The van der Waals surface area contributed by atoms with Crippen LogP contribution < -0.4 is 5.01 Å². The minimum Gasteiger partial charge on any atom is -0.223 e. The van der Waals surface area contributed by atoms with Crippen LogP contribution in [0.3, 0.4) is 0 Å². The molecular formula is C14H16N2O. The van der Waals surface area contributed by atoms with E-state index in [1.54, 1.807) is 0 Å². The summed E-state index contributed by atoms with van der Waals surface area (Å²) < 4.78 is 0. The van der Waals surface area contributed by atoms with Crippen LogP contribution in [0.4, 0.5) is 5.69 Å². The lowest BCUT2D eigenvalue weighted by Gasteiger charge is -2.30. The second kappa shape index (κ2) is 4.17. The molecule has 3 nitrogen and oxygen atoms in total. The van der Waals surface area contributed by atoms with Crippen molar-refractivity contribution in [2.75, 3.05) is 5.01 Å². The van der Waals surface area contributed by atoms with Crippen LogP contribution in [0, 0.1) is 4.91 Å². The third kappa shape index (κ3) is 2.13. The van der Waals surface area contributed by atoms with Gasteiger partial charge in [-0.05, 0) is 32.2 Å². The topological polar surface area (TPSA) is 32.7 Å². The number of rotatable bonds is 2. The number of hydrogen-bond acceptors (Lipinski definition) is 2. The molecule has 2 aromatic rings. The number of nitroso groups, excluding NO2 is 1. The van der Waals surface area contributed by atoms with Gasteiger partial charge < -0.3 is 0 Å². The lowest BCUT2D eigenvalue weighted by molar-refractivity contribution is 0.515. The van der Waals surface area contributed by atoms with Crippen LogP contribution in [0.25, 0.3) is 10.8 Å². The Labute approximate surface area is 101 Å². The molecule has 0 amide bonds. The van der Waals surface area contributed by atoms with Crippen LogP contribution in [0.2, 0.25) is 0 Å². The van der Waals surface area contributed by atoms with Gasteiger partial charge in [0.1, 0.15) is 0 Å². The number of fused-ring (bicyclic) bond motifs is 1. The largest absolute Gasteiger partial charge is 0.223 e. The van der Waals surface area contributed by atoms with Crippen molar-refractivity contribution in [3.63, 3.8) is 0 Å². The molecule has 0 radical (unpaired) electrons. The Morgan fingerprint density at radius 1 is 1.00 bits per heavy atom. The van der Waals surface area contributed by atoms with E-state index >= 15 is 0 Å². The molecule has 17 heavy (non-hydrogen) atoms. The van der Waals surface area contributed by atoms with Gasteiger partial charge in [-0.25, -0.2) is 5.01 Å². The van der Waals surface area contributed by atoms with E-state index in [4.69, 9.17) is 0 Å². The highest BCUT2D eigenvalue weighted by atomic mass is 16.3. The Hall–Kier alpha value is -1.90. The summed E-state index contributed by atoms with van der Waals surface area (Å²) in [4.78, 5) is 11.1. The van der Waals surface area contributed by atoms with E-state index in [0.717, 1.165) is 16.5 Å².